The number of pyridine rings is 2. The Morgan fingerprint density at radius 2 is 1.07 bits per heavy atom. The van der Waals surface area contributed by atoms with E-state index in [-0.39, 0.29) is 10.8 Å². The van der Waals surface area contributed by atoms with Gasteiger partial charge in [-0.3, -0.25) is 9.97 Å². The van der Waals surface area contributed by atoms with Gasteiger partial charge in [-0.1, -0.05) is 120 Å². The first-order valence-electron chi connectivity index (χ1n) is 15.9. The molecule has 1 aliphatic rings. The number of fused-ring (bicyclic) bond motifs is 3. The molecule has 0 N–H and O–H groups in total. The summed E-state index contributed by atoms with van der Waals surface area (Å²) in [6.45, 7) is 13.7. The Morgan fingerprint density at radius 3 is 1.71 bits per heavy atom. The van der Waals surface area contributed by atoms with Crippen LogP contribution in [0.4, 0.5) is 0 Å². The predicted molar refractivity (Wildman–Crippen MR) is 188 cm³/mol. The van der Waals surface area contributed by atoms with Crippen LogP contribution in [0.25, 0.3) is 33.6 Å². The number of hydrogen-bond acceptors (Lipinski definition) is 2. The Kier molecular flexibility index (Phi) is 6.85. The van der Waals surface area contributed by atoms with Crippen molar-refractivity contribution in [3.05, 3.63) is 167 Å². The molecule has 7 rings (SSSR count). The third-order valence-electron chi connectivity index (χ3n) is 9.36. The molecular weight excluding hydrogens is 544 g/mol. The van der Waals surface area contributed by atoms with Gasteiger partial charge in [0, 0.05) is 23.5 Å². The second-order valence-electron chi connectivity index (χ2n) is 14.4. The molecule has 2 heterocycles. The zero-order chi connectivity index (χ0) is 31.4. The van der Waals surface area contributed by atoms with Gasteiger partial charge < -0.3 is 0 Å². The number of aromatic nitrogens is 2. The van der Waals surface area contributed by atoms with Crippen LogP contribution < -0.4 is 0 Å². The van der Waals surface area contributed by atoms with E-state index in [0.29, 0.717) is 0 Å². The summed E-state index contributed by atoms with van der Waals surface area (Å²) in [7, 11) is 0. The zero-order valence-corrected chi connectivity index (χ0v) is 27.1. The van der Waals surface area contributed by atoms with Crippen LogP contribution in [-0.2, 0) is 16.2 Å². The SMILES string of the molecule is CC(C)(C)c1cc(-c2ccccn2)cc(C2(c3cccc(-c4cc(C(C)(C)C)ccn4)c3)c3ccccc3-c3ccccc32)c1. The molecule has 0 radical (unpaired) electrons. The normalized spacial score (nSPS) is 13.7. The van der Waals surface area contributed by atoms with E-state index in [9.17, 15) is 0 Å². The molecule has 0 saturated carbocycles. The van der Waals surface area contributed by atoms with Crippen LogP contribution in [0.1, 0.15) is 74.9 Å². The van der Waals surface area contributed by atoms with Crippen molar-refractivity contribution in [3.63, 3.8) is 0 Å². The van der Waals surface area contributed by atoms with Gasteiger partial charge in [0.2, 0.25) is 0 Å². The lowest BCUT2D eigenvalue weighted by molar-refractivity contribution is 0.587. The number of hydrogen-bond donors (Lipinski definition) is 0. The molecule has 222 valence electrons. The molecule has 0 saturated heterocycles. The summed E-state index contributed by atoms with van der Waals surface area (Å²) < 4.78 is 0. The van der Waals surface area contributed by atoms with Crippen molar-refractivity contribution >= 4 is 0 Å². The Balaban J connectivity index is 1.57. The molecule has 2 aromatic heterocycles. The summed E-state index contributed by atoms with van der Waals surface area (Å²) in [4.78, 5) is 9.66. The summed E-state index contributed by atoms with van der Waals surface area (Å²) in [5.41, 5.74) is 13.9. The minimum atomic E-state index is -0.532. The highest BCUT2D eigenvalue weighted by Crippen LogP contribution is 2.57. The van der Waals surface area contributed by atoms with Crippen molar-refractivity contribution in [1.29, 1.82) is 0 Å². The molecular formula is C43H40N2. The van der Waals surface area contributed by atoms with Crippen molar-refractivity contribution in [2.24, 2.45) is 0 Å². The number of nitrogens with zero attached hydrogens (tertiary/aromatic N) is 2. The van der Waals surface area contributed by atoms with Gasteiger partial charge >= 0.3 is 0 Å². The third kappa shape index (κ3) is 4.90. The molecule has 4 aromatic carbocycles. The van der Waals surface area contributed by atoms with E-state index < -0.39 is 5.41 Å². The molecule has 0 amide bonds. The van der Waals surface area contributed by atoms with Crippen molar-refractivity contribution < 1.29 is 0 Å². The van der Waals surface area contributed by atoms with Gasteiger partial charge in [0.05, 0.1) is 16.8 Å². The molecule has 6 aromatic rings. The minimum absolute atomic E-state index is 0.0368. The molecule has 0 atom stereocenters. The fourth-order valence-corrected chi connectivity index (χ4v) is 6.95. The number of rotatable bonds is 4. The first-order chi connectivity index (χ1) is 21.6. The fraction of sp³-hybridized carbons (Fsp3) is 0.209. The summed E-state index contributed by atoms with van der Waals surface area (Å²) >= 11 is 0. The summed E-state index contributed by atoms with van der Waals surface area (Å²) in [6, 6.07) is 44.7. The second kappa shape index (κ2) is 10.7. The largest absolute Gasteiger partial charge is 0.256 e. The maximum absolute atomic E-state index is 4.87. The Labute approximate surface area is 267 Å². The average molecular weight is 585 g/mol. The lowest BCUT2D eigenvalue weighted by atomic mass is 9.66. The van der Waals surface area contributed by atoms with Crippen LogP contribution in [0.3, 0.4) is 0 Å². The smallest absolute Gasteiger partial charge is 0.0714 e. The molecule has 0 aliphatic heterocycles. The highest BCUT2D eigenvalue weighted by Gasteiger charge is 2.46. The van der Waals surface area contributed by atoms with Crippen LogP contribution in [0, 0.1) is 0 Å². The van der Waals surface area contributed by atoms with Gasteiger partial charge in [-0.15, -0.1) is 0 Å². The van der Waals surface area contributed by atoms with Gasteiger partial charge in [-0.2, -0.15) is 0 Å². The van der Waals surface area contributed by atoms with E-state index in [4.69, 9.17) is 9.97 Å². The third-order valence-corrected chi connectivity index (χ3v) is 9.36. The Bertz CT molecular complexity index is 1980. The van der Waals surface area contributed by atoms with Crippen LogP contribution in [-0.4, -0.2) is 9.97 Å². The minimum Gasteiger partial charge on any atom is -0.256 e. The maximum atomic E-state index is 4.87. The van der Waals surface area contributed by atoms with E-state index >= 15 is 0 Å². The van der Waals surface area contributed by atoms with Gasteiger partial charge in [-0.05, 0) is 97.8 Å². The van der Waals surface area contributed by atoms with Gasteiger partial charge in [0.1, 0.15) is 0 Å². The predicted octanol–water partition coefficient (Wildman–Crippen LogP) is 10.8. The van der Waals surface area contributed by atoms with Gasteiger partial charge in [-0.25, -0.2) is 0 Å². The first-order valence-corrected chi connectivity index (χ1v) is 15.9. The number of benzene rings is 4. The molecule has 0 fully saturated rings. The maximum Gasteiger partial charge on any atom is 0.0714 e. The van der Waals surface area contributed by atoms with E-state index in [0.717, 1.165) is 22.5 Å². The van der Waals surface area contributed by atoms with Crippen LogP contribution in [0.2, 0.25) is 0 Å². The van der Waals surface area contributed by atoms with Gasteiger partial charge in [0.25, 0.3) is 0 Å². The van der Waals surface area contributed by atoms with Crippen LogP contribution in [0.15, 0.2) is 134 Å². The summed E-state index contributed by atoms with van der Waals surface area (Å²) in [6.07, 6.45) is 3.83. The summed E-state index contributed by atoms with van der Waals surface area (Å²) in [5.74, 6) is 0. The Morgan fingerprint density at radius 1 is 0.444 bits per heavy atom. The topological polar surface area (TPSA) is 25.8 Å². The van der Waals surface area contributed by atoms with Crippen molar-refractivity contribution in [2.75, 3.05) is 0 Å². The molecule has 45 heavy (non-hydrogen) atoms. The van der Waals surface area contributed by atoms with Crippen LogP contribution in [0.5, 0.6) is 0 Å². The molecule has 0 unspecified atom stereocenters. The highest BCUT2D eigenvalue weighted by molar-refractivity contribution is 5.87. The van der Waals surface area contributed by atoms with Crippen molar-refractivity contribution in [3.8, 4) is 33.6 Å². The molecule has 0 spiro atoms. The fourth-order valence-electron chi connectivity index (χ4n) is 6.95. The summed E-state index contributed by atoms with van der Waals surface area (Å²) in [5, 5.41) is 0. The second-order valence-corrected chi connectivity index (χ2v) is 14.4. The quantitative estimate of drug-likeness (QED) is 0.206. The lowest BCUT2D eigenvalue weighted by Crippen LogP contribution is -2.29. The molecule has 0 bridgehead atoms. The molecule has 1 aliphatic carbocycles. The Hall–Kier alpha value is -4.82. The van der Waals surface area contributed by atoms with E-state index in [1.807, 2.05) is 18.5 Å². The van der Waals surface area contributed by atoms with E-state index in [1.165, 1.54) is 44.5 Å². The van der Waals surface area contributed by atoms with E-state index in [1.54, 1.807) is 0 Å². The first kappa shape index (κ1) is 28.9. The van der Waals surface area contributed by atoms with Gasteiger partial charge in [0.15, 0.2) is 0 Å². The van der Waals surface area contributed by atoms with Crippen molar-refractivity contribution in [2.45, 2.75) is 57.8 Å². The van der Waals surface area contributed by atoms with E-state index in [2.05, 4.69) is 157 Å². The monoisotopic (exact) mass is 584 g/mol. The zero-order valence-electron chi connectivity index (χ0n) is 27.1. The molecule has 2 heteroatoms. The standard InChI is InChI=1S/C43H40N2/c1-41(2,3)31-21-23-45-40(28-31)29-14-13-15-32(24-29)43(37-18-9-7-16-35(37)36-17-8-10-19-38(36)43)34-26-30(39-20-11-12-22-44-39)25-33(27-34)42(4,5)6/h7-28H,1-6H3. The van der Waals surface area contributed by atoms with Crippen LogP contribution >= 0.6 is 0 Å². The molecule has 2 nitrogen and oxygen atoms in total. The van der Waals surface area contributed by atoms with Crippen molar-refractivity contribution in [1.82, 2.24) is 9.97 Å². The highest BCUT2D eigenvalue weighted by atomic mass is 14.7. The average Bonchev–Trinajstić information content (AvgIpc) is 3.36. The lowest BCUT2D eigenvalue weighted by Gasteiger charge is -2.36.